The Bertz CT molecular complexity index is 1480. The van der Waals surface area contributed by atoms with E-state index in [4.69, 9.17) is 9.47 Å². The second-order valence-electron chi connectivity index (χ2n) is 12.8. The van der Waals surface area contributed by atoms with Crippen molar-refractivity contribution in [2.75, 3.05) is 7.11 Å². The van der Waals surface area contributed by atoms with Gasteiger partial charge in [0.1, 0.15) is 17.3 Å². The first kappa shape index (κ1) is 31.2. The van der Waals surface area contributed by atoms with Gasteiger partial charge in [-0.15, -0.1) is 0 Å². The van der Waals surface area contributed by atoms with Crippen LogP contribution in [-0.4, -0.2) is 64.3 Å². The van der Waals surface area contributed by atoms with Crippen molar-refractivity contribution in [3.8, 4) is 17.0 Å². The Kier molecular flexibility index (Phi) is 8.49. The van der Waals surface area contributed by atoms with Gasteiger partial charge in [0.25, 0.3) is 0 Å². The van der Waals surface area contributed by atoms with E-state index in [1.54, 1.807) is 13.2 Å². The number of aryl methyl sites for hydroxylation is 1. The number of ether oxygens (including phenoxy) is 2. The number of rotatable bonds is 5. The first-order valence-corrected chi connectivity index (χ1v) is 13.9. The third-order valence-electron chi connectivity index (χ3n) is 8.40. The summed E-state index contributed by atoms with van der Waals surface area (Å²) in [4.78, 5) is 44.1. The number of carboxylic acids is 1. The molecule has 3 aliphatic rings. The standard InChI is InChI=1S/C33H37NO6.Na.H/c1-8-18-9-11-20(34-30(18)31(37)38)19-10-12-23(39-7)26(17(19)2)29-27-21(35)13-32(3,4)15-24(27)40-25-16-33(5,6)14-22(36)28(25)29;;/h9-12,29H,8,13-16H2,1-7H3,(H,37,38);;. The number of benzene rings is 1. The van der Waals surface area contributed by atoms with Crippen LogP contribution < -0.4 is 4.74 Å². The molecule has 0 amide bonds. The Labute approximate surface area is 263 Å². The molecule has 1 N–H and O–H groups in total. The predicted molar refractivity (Wildman–Crippen MR) is 158 cm³/mol. The molecule has 0 saturated heterocycles. The molecular formula is C33H38NNaO6. The van der Waals surface area contributed by atoms with Crippen LogP contribution in [0, 0.1) is 17.8 Å². The van der Waals surface area contributed by atoms with Crippen molar-refractivity contribution in [1.29, 1.82) is 0 Å². The van der Waals surface area contributed by atoms with E-state index in [0.717, 1.165) is 16.7 Å². The van der Waals surface area contributed by atoms with Gasteiger partial charge in [-0.2, -0.15) is 0 Å². The minimum atomic E-state index is -1.08. The average molecular weight is 568 g/mol. The van der Waals surface area contributed by atoms with Gasteiger partial charge < -0.3 is 14.6 Å². The number of allylic oxidation sites excluding steroid dienone is 4. The van der Waals surface area contributed by atoms with Crippen LogP contribution in [0.2, 0.25) is 0 Å². The number of nitrogens with zero attached hydrogens (tertiary/aromatic N) is 1. The maximum atomic E-state index is 13.8. The van der Waals surface area contributed by atoms with Gasteiger partial charge in [0, 0.05) is 48.0 Å². The Morgan fingerprint density at radius 3 is 2.02 bits per heavy atom. The van der Waals surface area contributed by atoms with Gasteiger partial charge in [-0.25, -0.2) is 9.78 Å². The summed E-state index contributed by atoms with van der Waals surface area (Å²) in [6.07, 6.45) is 2.46. The van der Waals surface area contributed by atoms with Crippen molar-refractivity contribution in [1.82, 2.24) is 4.98 Å². The summed E-state index contributed by atoms with van der Waals surface area (Å²) in [5.74, 6) is 0.0871. The molecule has 0 spiro atoms. The van der Waals surface area contributed by atoms with E-state index in [1.807, 2.05) is 32.0 Å². The van der Waals surface area contributed by atoms with Crippen molar-refractivity contribution >= 4 is 47.1 Å². The molecule has 212 valence electrons. The number of aromatic nitrogens is 1. The molecular weight excluding hydrogens is 529 g/mol. The van der Waals surface area contributed by atoms with Gasteiger partial charge in [0.2, 0.25) is 0 Å². The molecule has 0 bridgehead atoms. The van der Waals surface area contributed by atoms with E-state index in [9.17, 15) is 19.5 Å². The van der Waals surface area contributed by atoms with Crippen LogP contribution in [0.15, 0.2) is 46.9 Å². The monoisotopic (exact) mass is 567 g/mol. The normalized spacial score (nSPS) is 19.7. The van der Waals surface area contributed by atoms with E-state index >= 15 is 0 Å². The van der Waals surface area contributed by atoms with Gasteiger partial charge in [-0.3, -0.25) is 9.59 Å². The Hall–Kier alpha value is -2.74. The Morgan fingerprint density at radius 2 is 1.54 bits per heavy atom. The second-order valence-corrected chi connectivity index (χ2v) is 12.8. The molecule has 0 atom stereocenters. The van der Waals surface area contributed by atoms with E-state index < -0.39 is 11.9 Å². The molecule has 0 unspecified atom stereocenters. The van der Waals surface area contributed by atoms with E-state index in [1.165, 1.54) is 0 Å². The fourth-order valence-corrected chi connectivity index (χ4v) is 6.59. The molecule has 2 heterocycles. The number of carbonyl (C=O) groups is 3. The number of hydrogen-bond donors (Lipinski definition) is 1. The first-order valence-electron chi connectivity index (χ1n) is 13.9. The molecule has 41 heavy (non-hydrogen) atoms. The van der Waals surface area contributed by atoms with Gasteiger partial charge >= 0.3 is 35.5 Å². The Balaban J connectivity index is 0.00000387. The third-order valence-corrected chi connectivity index (χ3v) is 8.40. The number of hydrogen-bond acceptors (Lipinski definition) is 6. The van der Waals surface area contributed by atoms with Crippen molar-refractivity contribution in [2.45, 2.75) is 79.6 Å². The minimum absolute atomic E-state index is 0. The molecule has 2 aromatic rings. The molecule has 1 aromatic heterocycles. The van der Waals surface area contributed by atoms with Gasteiger partial charge in [-0.1, -0.05) is 40.7 Å². The van der Waals surface area contributed by atoms with Crippen LogP contribution in [0.3, 0.4) is 0 Å². The molecule has 2 aliphatic carbocycles. The number of Topliss-reactive ketones (excluding diaryl/α,β-unsaturated/α-hetero) is 2. The van der Waals surface area contributed by atoms with Crippen molar-refractivity contribution < 1.29 is 29.0 Å². The second kappa shape index (κ2) is 11.2. The van der Waals surface area contributed by atoms with E-state index in [-0.39, 0.29) is 57.6 Å². The maximum absolute atomic E-state index is 13.8. The van der Waals surface area contributed by atoms with Crippen LogP contribution in [0.5, 0.6) is 5.75 Å². The molecule has 7 nitrogen and oxygen atoms in total. The number of ketones is 2. The Morgan fingerprint density at radius 1 is 0.976 bits per heavy atom. The molecule has 1 aliphatic heterocycles. The number of carboxylic acid groups (broad SMARTS) is 1. The van der Waals surface area contributed by atoms with Gasteiger partial charge in [-0.05, 0) is 53.5 Å². The summed E-state index contributed by atoms with van der Waals surface area (Å²) in [5.41, 5.74) is 3.97. The molecule has 5 rings (SSSR count). The van der Waals surface area contributed by atoms with Crippen molar-refractivity contribution in [3.63, 3.8) is 0 Å². The topological polar surface area (TPSA) is 103 Å². The van der Waals surface area contributed by atoms with Crippen LogP contribution in [0.1, 0.15) is 93.4 Å². The summed E-state index contributed by atoms with van der Waals surface area (Å²) in [6, 6.07) is 7.30. The van der Waals surface area contributed by atoms with Gasteiger partial charge in [0.15, 0.2) is 17.3 Å². The van der Waals surface area contributed by atoms with E-state index in [0.29, 0.717) is 71.8 Å². The number of aromatic carboxylic acids is 1. The zero-order valence-corrected chi connectivity index (χ0v) is 24.4. The fraction of sp³-hybridized carbons (Fsp3) is 0.455. The van der Waals surface area contributed by atoms with Gasteiger partial charge in [0.05, 0.1) is 18.7 Å². The van der Waals surface area contributed by atoms with Crippen LogP contribution >= 0.6 is 0 Å². The molecule has 1 aromatic carbocycles. The van der Waals surface area contributed by atoms with E-state index in [2.05, 4.69) is 32.7 Å². The SMILES string of the molecule is CCc1ccc(-c2ccc(OC)c(C3C4=C(CC(C)(C)CC4=O)OC4=C3C(=O)CC(C)(C)C4)c2C)nc1C(=O)O.[NaH]. The first-order chi connectivity index (χ1) is 18.8. The number of methoxy groups -OCH3 is 1. The molecule has 0 radical (unpaired) electrons. The number of carbonyl (C=O) groups excluding carboxylic acids is 2. The third kappa shape index (κ3) is 5.56. The zero-order chi connectivity index (χ0) is 29.1. The number of pyridine rings is 1. The molecule has 0 saturated carbocycles. The molecule has 8 heteroatoms. The summed E-state index contributed by atoms with van der Waals surface area (Å²) in [7, 11) is 1.58. The molecule has 0 fully saturated rings. The predicted octanol–water partition coefficient (Wildman–Crippen LogP) is 6.08. The van der Waals surface area contributed by atoms with Crippen molar-refractivity contribution in [2.24, 2.45) is 10.8 Å². The summed E-state index contributed by atoms with van der Waals surface area (Å²) in [6.45, 7) is 12.1. The van der Waals surface area contributed by atoms with Crippen LogP contribution in [0.4, 0.5) is 0 Å². The van der Waals surface area contributed by atoms with Crippen LogP contribution in [0.25, 0.3) is 11.3 Å². The average Bonchev–Trinajstić information content (AvgIpc) is 2.85. The van der Waals surface area contributed by atoms with Crippen molar-refractivity contribution in [3.05, 3.63) is 69.3 Å². The summed E-state index contributed by atoms with van der Waals surface area (Å²) < 4.78 is 12.3. The zero-order valence-electron chi connectivity index (χ0n) is 24.4. The summed E-state index contributed by atoms with van der Waals surface area (Å²) in [5, 5.41) is 9.80. The van der Waals surface area contributed by atoms with Crippen LogP contribution in [-0.2, 0) is 20.7 Å². The summed E-state index contributed by atoms with van der Waals surface area (Å²) >= 11 is 0. The fourth-order valence-electron chi connectivity index (χ4n) is 6.59. The quantitative estimate of drug-likeness (QED) is 0.437.